The molecule has 1 atom stereocenters. The molecular formula is C78H91N2VY-3. The van der Waals surface area contributed by atoms with Crippen LogP contribution in [0.15, 0.2) is 260 Å². The molecule has 9 rings (SSSR count). The van der Waals surface area contributed by atoms with Gasteiger partial charge < -0.3 is 17.6 Å². The molecule has 0 bridgehead atoms. The molecule has 82 heavy (non-hydrogen) atoms. The second-order valence-corrected chi connectivity index (χ2v) is 18.8. The minimum Gasteiger partial charge on any atom is -0.658 e. The standard InChI is InChI=1S/C49H53N.C18H14N.C6H9.2C2H6.CH3.V.Y/c1-7-12-14-15-16-17-22-37-27-29-39(30-28-37)50(38(20-9-3)21-10-4)40-31-32-43-41-24-18-19-25-46(41)49(48(43)35-40)45(11-5)42(23-13-8-2)44-34-36(6)26-33-47(44)49;1-3-7-15(8-4-1)16-11-13-18(14-12-16)19-17-9-5-2-6-10-17;1-3-5-6-4-2;2*1-2;;;/h7,9,12-13,15-18,20-24,26-35H,8,10-11,14,19,25H2,1-6H3;1-14H;3-6H,1H2,2H3;2*1-2H3;1H3;;/q;2*-1;;;-1;;/b12-7-,16-15-,20-9-,22-17+,23-13-,38-21+;;6-5-;;;;;. The predicted octanol–water partition coefficient (Wildman–Crippen LogP) is 24.2. The monoisotopic (exact) mass is 1200 g/mol. The smallest absolute Gasteiger partial charge is 0.0652 e. The predicted molar refractivity (Wildman–Crippen MR) is 359 cm³/mol. The van der Waals surface area contributed by atoms with E-state index in [1.807, 2.05) is 89.6 Å². The number of aryl methyl sites for hydroxylation is 1. The van der Waals surface area contributed by atoms with Gasteiger partial charge in [-0.2, -0.15) is 6.08 Å². The molecule has 3 aliphatic carbocycles. The second-order valence-electron chi connectivity index (χ2n) is 18.8. The number of fused-ring (bicyclic) bond motifs is 6. The molecule has 2 nitrogen and oxygen atoms in total. The Morgan fingerprint density at radius 3 is 1.94 bits per heavy atom. The summed E-state index contributed by atoms with van der Waals surface area (Å²) < 4.78 is 0. The van der Waals surface area contributed by atoms with Crippen LogP contribution in [0.1, 0.15) is 141 Å². The molecule has 6 aromatic carbocycles. The van der Waals surface area contributed by atoms with Gasteiger partial charge in [0.05, 0.1) is 5.41 Å². The maximum absolute atomic E-state index is 4.58. The number of hydrogen-bond acceptors (Lipinski definition) is 1. The normalized spacial score (nSPS) is 14.5. The Morgan fingerprint density at radius 2 is 1.33 bits per heavy atom. The van der Waals surface area contributed by atoms with Crippen LogP contribution < -0.4 is 4.90 Å². The van der Waals surface area contributed by atoms with E-state index in [0.29, 0.717) is 0 Å². The molecule has 1 spiro atoms. The summed E-state index contributed by atoms with van der Waals surface area (Å²) in [5.74, 6) is 0. The van der Waals surface area contributed by atoms with Crippen LogP contribution in [0, 0.1) is 20.8 Å². The van der Waals surface area contributed by atoms with Gasteiger partial charge in [0.1, 0.15) is 0 Å². The molecule has 0 aromatic heterocycles. The molecular weight excluding hydrogens is 1100 g/mol. The molecule has 424 valence electrons. The van der Waals surface area contributed by atoms with E-state index in [4.69, 9.17) is 0 Å². The third-order valence-corrected chi connectivity index (χ3v) is 13.7. The van der Waals surface area contributed by atoms with Crippen molar-refractivity contribution in [1.29, 1.82) is 0 Å². The van der Waals surface area contributed by atoms with E-state index in [1.54, 1.807) is 17.2 Å². The Kier molecular flexibility index (Phi) is 34.3. The molecule has 2 radical (unpaired) electrons. The van der Waals surface area contributed by atoms with Crippen molar-refractivity contribution in [3.63, 3.8) is 0 Å². The van der Waals surface area contributed by atoms with Gasteiger partial charge in [-0.15, -0.1) is 24.9 Å². The Morgan fingerprint density at radius 1 is 0.671 bits per heavy atom. The van der Waals surface area contributed by atoms with Crippen LogP contribution in [-0.2, 0) is 56.7 Å². The summed E-state index contributed by atoms with van der Waals surface area (Å²) in [6.07, 6.45) is 42.8. The van der Waals surface area contributed by atoms with Crippen molar-refractivity contribution in [2.45, 2.75) is 120 Å². The molecule has 0 fully saturated rings. The van der Waals surface area contributed by atoms with Crippen molar-refractivity contribution in [3.05, 3.63) is 313 Å². The fourth-order valence-corrected chi connectivity index (χ4v) is 10.5. The van der Waals surface area contributed by atoms with Crippen LogP contribution in [0.5, 0.6) is 0 Å². The van der Waals surface area contributed by atoms with Crippen LogP contribution in [0.2, 0.25) is 0 Å². The molecule has 0 heterocycles. The molecule has 0 saturated heterocycles. The van der Waals surface area contributed by atoms with E-state index in [0.717, 1.165) is 55.6 Å². The van der Waals surface area contributed by atoms with Crippen molar-refractivity contribution in [2.75, 3.05) is 4.90 Å². The zero-order chi connectivity index (χ0) is 56.8. The fraction of sp³-hybridized carbons (Fsp3) is 0.231. The molecule has 6 aromatic rings. The number of para-hydroxylation sites is 1. The number of hydrogen-bond donors (Lipinski definition) is 0. The van der Waals surface area contributed by atoms with Crippen molar-refractivity contribution in [1.82, 2.24) is 0 Å². The van der Waals surface area contributed by atoms with E-state index in [9.17, 15) is 0 Å². The average molecular weight is 1200 g/mol. The van der Waals surface area contributed by atoms with E-state index < -0.39 is 0 Å². The first-order valence-corrected chi connectivity index (χ1v) is 29.1. The van der Waals surface area contributed by atoms with Gasteiger partial charge in [0.25, 0.3) is 0 Å². The van der Waals surface area contributed by atoms with Gasteiger partial charge in [-0.05, 0) is 151 Å². The summed E-state index contributed by atoms with van der Waals surface area (Å²) in [7, 11) is 0. The van der Waals surface area contributed by atoms with E-state index in [2.05, 4.69) is 247 Å². The minimum atomic E-state index is -0.257. The van der Waals surface area contributed by atoms with Gasteiger partial charge in [0.15, 0.2) is 0 Å². The minimum absolute atomic E-state index is 0. The first-order chi connectivity index (χ1) is 38.9. The molecule has 4 heteroatoms. The van der Waals surface area contributed by atoms with Crippen molar-refractivity contribution in [2.24, 2.45) is 0 Å². The van der Waals surface area contributed by atoms with Crippen molar-refractivity contribution in [3.8, 4) is 11.1 Å². The van der Waals surface area contributed by atoms with Gasteiger partial charge in [0, 0.05) is 68.3 Å². The van der Waals surface area contributed by atoms with Crippen molar-refractivity contribution < 1.29 is 51.3 Å². The summed E-state index contributed by atoms with van der Waals surface area (Å²) in [6, 6.07) is 52.2. The average Bonchev–Trinajstić information content (AvgIpc) is 1.70. The number of benzene rings is 6. The SMILES string of the molecule is C/C=C\C/C=C\C=C\c1ccc(N(C(/C=C\C)=C/CC)c2ccc3c(c2)C2(C4=C3C=CCC4)C(CC)=C(/C=C\CC)c3cc(C)ccc32)cc1.C=C/C=C\[CH-]C.CC.CC.[CH3-].[V].[Y].c1ccc([N-]c2ccc(-c3ccccc3)cc2)cc1. The summed E-state index contributed by atoms with van der Waals surface area (Å²) in [6.45, 7) is 26.7. The first kappa shape index (κ1) is 71.7. The number of rotatable bonds is 17. The summed E-state index contributed by atoms with van der Waals surface area (Å²) >= 11 is 0. The molecule has 0 aliphatic heterocycles. The van der Waals surface area contributed by atoms with Gasteiger partial charge in [-0.25, -0.2) is 18.6 Å². The summed E-state index contributed by atoms with van der Waals surface area (Å²) in [4.78, 5) is 2.45. The van der Waals surface area contributed by atoms with Crippen LogP contribution in [0.4, 0.5) is 22.7 Å². The fourth-order valence-electron chi connectivity index (χ4n) is 10.5. The van der Waals surface area contributed by atoms with Crippen LogP contribution in [-0.4, -0.2) is 0 Å². The summed E-state index contributed by atoms with van der Waals surface area (Å²) in [5.41, 5.74) is 21.8. The molecule has 0 saturated carbocycles. The molecule has 0 amide bonds. The van der Waals surface area contributed by atoms with Gasteiger partial charge in [-0.1, -0.05) is 248 Å². The maximum atomic E-state index is 4.58. The van der Waals surface area contributed by atoms with Crippen LogP contribution in [0.25, 0.3) is 33.7 Å². The second kappa shape index (κ2) is 39.2. The van der Waals surface area contributed by atoms with Crippen LogP contribution in [0.3, 0.4) is 0 Å². The Labute approximate surface area is 535 Å². The molecule has 1 unspecified atom stereocenters. The molecule has 0 N–H and O–H groups in total. The first-order valence-electron chi connectivity index (χ1n) is 29.1. The largest absolute Gasteiger partial charge is 0.658 e. The van der Waals surface area contributed by atoms with Gasteiger partial charge in [-0.3, -0.25) is 0 Å². The zero-order valence-electron chi connectivity index (χ0n) is 51.5. The third kappa shape index (κ3) is 18.3. The Balaban J connectivity index is 0.000000593. The maximum Gasteiger partial charge on any atom is 0.0652 e. The van der Waals surface area contributed by atoms with E-state index in [1.165, 1.54) is 67.0 Å². The zero-order valence-corrected chi connectivity index (χ0v) is 55.8. The van der Waals surface area contributed by atoms with Crippen molar-refractivity contribution >= 4 is 40.0 Å². The Bertz CT molecular complexity index is 3160. The number of nitrogens with zero attached hydrogens (tertiary/aromatic N) is 2. The quantitative estimate of drug-likeness (QED) is 0.0505. The summed E-state index contributed by atoms with van der Waals surface area (Å²) in [5, 5.41) is 4.58. The van der Waals surface area contributed by atoms with E-state index >= 15 is 0 Å². The van der Waals surface area contributed by atoms with Crippen LogP contribution >= 0.6 is 0 Å². The third-order valence-electron chi connectivity index (χ3n) is 13.7. The van der Waals surface area contributed by atoms with Gasteiger partial charge >= 0.3 is 0 Å². The topological polar surface area (TPSA) is 17.3 Å². The molecule has 3 aliphatic rings. The van der Waals surface area contributed by atoms with Gasteiger partial charge in [0.2, 0.25) is 0 Å². The number of allylic oxidation sites excluding steroid dienone is 19. The Hall–Kier alpha value is -6.38. The van der Waals surface area contributed by atoms with E-state index in [-0.39, 0.29) is 64.1 Å². The number of anilines is 2.